The maximum absolute atomic E-state index is 12.3. The van der Waals surface area contributed by atoms with E-state index in [4.69, 9.17) is 0 Å². The molecule has 2 N–H and O–H groups in total. The molecule has 2 rings (SSSR count). The average molecular weight is 335 g/mol. The van der Waals surface area contributed by atoms with Crippen LogP contribution in [0.15, 0.2) is 41.1 Å². The molecule has 0 fully saturated rings. The smallest absolute Gasteiger partial charge is 0.255 e. The van der Waals surface area contributed by atoms with Gasteiger partial charge in [-0.05, 0) is 41.1 Å². The summed E-state index contributed by atoms with van der Waals surface area (Å²) < 4.78 is 0.757. The Balaban J connectivity index is 2.18. The summed E-state index contributed by atoms with van der Waals surface area (Å²) in [5, 5.41) is 5.82. The molecule has 0 saturated heterocycles. The van der Waals surface area contributed by atoms with E-state index in [1.807, 2.05) is 25.1 Å². The summed E-state index contributed by atoms with van der Waals surface area (Å²) in [4.78, 5) is 20.7. The van der Waals surface area contributed by atoms with Crippen LogP contribution in [0.5, 0.6) is 0 Å². The molecule has 0 aliphatic carbocycles. The molecular weight excluding hydrogens is 320 g/mol. The number of hydrogen-bond donors (Lipinski definition) is 2. The third-order valence-corrected chi connectivity index (χ3v) is 3.25. The second-order valence-corrected chi connectivity index (χ2v) is 5.17. The second kappa shape index (κ2) is 6.47. The number of anilines is 1. The van der Waals surface area contributed by atoms with Crippen LogP contribution in [-0.4, -0.2) is 22.9 Å². The predicted octanol–water partition coefficient (Wildman–Crippen LogP) is 2.77. The topological polar surface area (TPSA) is 66.9 Å². The van der Waals surface area contributed by atoms with Crippen LogP contribution in [0.1, 0.15) is 29.0 Å². The van der Waals surface area contributed by atoms with Crippen LogP contribution < -0.4 is 10.6 Å². The minimum Gasteiger partial charge on any atom is -0.372 e. The molecule has 1 amide bonds. The lowest BCUT2D eigenvalue weighted by molar-refractivity contribution is 0.0939. The van der Waals surface area contributed by atoms with Gasteiger partial charge in [-0.25, -0.2) is 4.98 Å². The maximum atomic E-state index is 12.3. The lowest BCUT2D eigenvalue weighted by Gasteiger charge is -2.15. The van der Waals surface area contributed by atoms with Crippen molar-refractivity contribution in [3.63, 3.8) is 0 Å². The van der Waals surface area contributed by atoms with E-state index in [-0.39, 0.29) is 11.9 Å². The quantitative estimate of drug-likeness (QED) is 0.902. The molecule has 6 heteroatoms. The Morgan fingerprint density at radius 1 is 1.35 bits per heavy atom. The Labute approximate surface area is 126 Å². The van der Waals surface area contributed by atoms with Crippen LogP contribution in [0.3, 0.4) is 0 Å². The summed E-state index contributed by atoms with van der Waals surface area (Å²) in [5.41, 5.74) is 1.31. The number of nitrogens with zero attached hydrogens (tertiary/aromatic N) is 2. The zero-order valence-electron chi connectivity index (χ0n) is 11.2. The largest absolute Gasteiger partial charge is 0.372 e. The normalized spacial score (nSPS) is 11.8. The van der Waals surface area contributed by atoms with Gasteiger partial charge < -0.3 is 10.6 Å². The number of carbonyl (C=O) groups excluding carboxylic acids is 1. The van der Waals surface area contributed by atoms with E-state index >= 15 is 0 Å². The molecule has 0 aromatic carbocycles. The molecule has 20 heavy (non-hydrogen) atoms. The highest BCUT2D eigenvalue weighted by molar-refractivity contribution is 9.10. The van der Waals surface area contributed by atoms with Gasteiger partial charge in [-0.1, -0.05) is 6.07 Å². The zero-order chi connectivity index (χ0) is 14.5. The minimum atomic E-state index is -0.193. The Morgan fingerprint density at radius 3 is 2.80 bits per heavy atom. The van der Waals surface area contributed by atoms with Gasteiger partial charge in [0.2, 0.25) is 0 Å². The molecule has 2 aromatic rings. The van der Waals surface area contributed by atoms with Crippen molar-refractivity contribution >= 4 is 27.7 Å². The van der Waals surface area contributed by atoms with Gasteiger partial charge in [0.15, 0.2) is 0 Å². The van der Waals surface area contributed by atoms with Gasteiger partial charge in [0.25, 0.3) is 5.91 Å². The highest BCUT2D eigenvalue weighted by Gasteiger charge is 2.16. The molecule has 104 valence electrons. The molecular formula is C14H15BrN4O. The molecule has 0 bridgehead atoms. The second-order valence-electron chi connectivity index (χ2n) is 4.25. The first-order valence-electron chi connectivity index (χ1n) is 6.17. The first-order valence-corrected chi connectivity index (χ1v) is 6.96. The highest BCUT2D eigenvalue weighted by Crippen LogP contribution is 2.19. The fraction of sp³-hybridized carbons (Fsp3) is 0.214. The number of hydrogen-bond acceptors (Lipinski definition) is 4. The van der Waals surface area contributed by atoms with Crippen LogP contribution in [0, 0.1) is 0 Å². The number of pyridine rings is 2. The van der Waals surface area contributed by atoms with Gasteiger partial charge in [-0.15, -0.1) is 0 Å². The molecule has 0 aliphatic rings. The van der Waals surface area contributed by atoms with Gasteiger partial charge in [0.1, 0.15) is 5.82 Å². The molecule has 2 aromatic heterocycles. The Hall–Kier alpha value is -1.95. The van der Waals surface area contributed by atoms with Crippen LogP contribution in [-0.2, 0) is 0 Å². The Kier molecular flexibility index (Phi) is 4.68. The summed E-state index contributed by atoms with van der Waals surface area (Å²) in [5.74, 6) is 0.347. The molecule has 0 spiro atoms. The van der Waals surface area contributed by atoms with E-state index < -0.39 is 0 Å². The van der Waals surface area contributed by atoms with Gasteiger partial charge in [-0.3, -0.25) is 9.78 Å². The fourth-order valence-electron chi connectivity index (χ4n) is 1.79. The minimum absolute atomic E-state index is 0.174. The van der Waals surface area contributed by atoms with E-state index in [0.717, 1.165) is 10.2 Å². The number of rotatable bonds is 4. The standard InChI is InChI=1S/C14H15BrN4O/c1-9(12-5-3-4-6-17-12)19-14(20)11-7-10(15)8-18-13(11)16-2/h3-9H,1-2H3,(H,16,18)(H,19,20). The first-order chi connectivity index (χ1) is 9.61. The van der Waals surface area contributed by atoms with Crippen LogP contribution in [0.4, 0.5) is 5.82 Å². The third kappa shape index (κ3) is 3.33. The van der Waals surface area contributed by atoms with E-state index in [9.17, 15) is 4.79 Å². The van der Waals surface area contributed by atoms with Gasteiger partial charge >= 0.3 is 0 Å². The van der Waals surface area contributed by atoms with Crippen molar-refractivity contribution in [2.45, 2.75) is 13.0 Å². The number of nitrogens with one attached hydrogen (secondary N) is 2. The van der Waals surface area contributed by atoms with Gasteiger partial charge in [-0.2, -0.15) is 0 Å². The molecule has 0 radical (unpaired) electrons. The lowest BCUT2D eigenvalue weighted by atomic mass is 10.2. The van der Waals surface area contributed by atoms with Crippen LogP contribution >= 0.6 is 15.9 Å². The molecule has 0 aliphatic heterocycles. The lowest BCUT2D eigenvalue weighted by Crippen LogP contribution is -2.28. The van der Waals surface area contributed by atoms with Crippen LogP contribution in [0.2, 0.25) is 0 Å². The maximum Gasteiger partial charge on any atom is 0.255 e. The molecule has 1 unspecified atom stereocenters. The summed E-state index contributed by atoms with van der Waals surface area (Å²) in [6.45, 7) is 1.89. The third-order valence-electron chi connectivity index (χ3n) is 2.81. The van der Waals surface area contributed by atoms with E-state index in [0.29, 0.717) is 11.4 Å². The average Bonchev–Trinajstić information content (AvgIpc) is 2.48. The first kappa shape index (κ1) is 14.5. The van der Waals surface area contributed by atoms with Crippen molar-refractivity contribution < 1.29 is 4.79 Å². The predicted molar refractivity (Wildman–Crippen MR) is 81.6 cm³/mol. The fourth-order valence-corrected chi connectivity index (χ4v) is 2.12. The van der Waals surface area contributed by atoms with Crippen molar-refractivity contribution in [2.75, 3.05) is 12.4 Å². The molecule has 1 atom stereocenters. The number of halogens is 1. The summed E-state index contributed by atoms with van der Waals surface area (Å²) >= 11 is 3.32. The van der Waals surface area contributed by atoms with Crippen molar-refractivity contribution in [1.29, 1.82) is 0 Å². The van der Waals surface area contributed by atoms with E-state index in [1.165, 1.54) is 0 Å². The number of amides is 1. The monoisotopic (exact) mass is 334 g/mol. The Bertz CT molecular complexity index is 603. The van der Waals surface area contributed by atoms with Gasteiger partial charge in [0, 0.05) is 23.9 Å². The van der Waals surface area contributed by atoms with Crippen molar-refractivity contribution in [3.8, 4) is 0 Å². The number of carbonyl (C=O) groups is 1. The molecule has 2 heterocycles. The summed E-state index contributed by atoms with van der Waals surface area (Å²) in [6, 6.07) is 7.18. The van der Waals surface area contributed by atoms with Crippen molar-refractivity contribution in [2.24, 2.45) is 0 Å². The Morgan fingerprint density at radius 2 is 2.15 bits per heavy atom. The highest BCUT2D eigenvalue weighted by atomic mass is 79.9. The summed E-state index contributed by atoms with van der Waals surface area (Å²) in [6.07, 6.45) is 3.35. The van der Waals surface area contributed by atoms with Crippen molar-refractivity contribution in [3.05, 3.63) is 52.4 Å². The van der Waals surface area contributed by atoms with Crippen molar-refractivity contribution in [1.82, 2.24) is 15.3 Å². The van der Waals surface area contributed by atoms with E-state index in [1.54, 1.807) is 25.5 Å². The number of aromatic nitrogens is 2. The van der Waals surface area contributed by atoms with Gasteiger partial charge in [0.05, 0.1) is 17.3 Å². The van der Waals surface area contributed by atoms with E-state index in [2.05, 4.69) is 36.5 Å². The SMILES string of the molecule is CNc1ncc(Br)cc1C(=O)NC(C)c1ccccn1. The molecule has 5 nitrogen and oxygen atoms in total. The zero-order valence-corrected chi connectivity index (χ0v) is 12.8. The summed E-state index contributed by atoms with van der Waals surface area (Å²) in [7, 11) is 1.73. The van der Waals surface area contributed by atoms with Crippen LogP contribution in [0.25, 0.3) is 0 Å². The molecule has 0 saturated carbocycles.